The first-order chi connectivity index (χ1) is 15.0. The van der Waals surface area contributed by atoms with Gasteiger partial charge in [-0.3, -0.25) is 15.1 Å². The lowest BCUT2D eigenvalue weighted by atomic mass is 10.2. The summed E-state index contributed by atoms with van der Waals surface area (Å²) in [6, 6.07) is 17.0. The molecule has 3 aromatic rings. The SMILES string of the molecule is COc1ccc(C)cc1NC(=NCc1ccncc1)NC(=O)c1cccc(N(C)C)c1. The number of amides is 1. The van der Waals surface area contributed by atoms with Gasteiger partial charge in [-0.25, -0.2) is 4.99 Å². The summed E-state index contributed by atoms with van der Waals surface area (Å²) in [5, 5.41) is 6.11. The number of carbonyl (C=O) groups is 1. The first-order valence-electron chi connectivity index (χ1n) is 9.90. The number of benzene rings is 2. The van der Waals surface area contributed by atoms with Gasteiger partial charge in [-0.2, -0.15) is 0 Å². The van der Waals surface area contributed by atoms with E-state index in [-0.39, 0.29) is 5.91 Å². The van der Waals surface area contributed by atoms with E-state index in [1.54, 1.807) is 25.6 Å². The Labute approximate surface area is 182 Å². The van der Waals surface area contributed by atoms with Crippen LogP contribution in [0.3, 0.4) is 0 Å². The fourth-order valence-electron chi connectivity index (χ4n) is 2.92. The third-order valence-corrected chi connectivity index (χ3v) is 4.63. The molecule has 1 aromatic heterocycles. The number of aromatic nitrogens is 1. The fourth-order valence-corrected chi connectivity index (χ4v) is 2.92. The van der Waals surface area contributed by atoms with Crippen molar-refractivity contribution in [1.29, 1.82) is 0 Å². The lowest BCUT2D eigenvalue weighted by molar-refractivity contribution is 0.0977. The maximum atomic E-state index is 13.0. The Hall–Kier alpha value is -3.87. The van der Waals surface area contributed by atoms with Crippen LogP contribution in [-0.2, 0) is 6.54 Å². The first-order valence-corrected chi connectivity index (χ1v) is 9.90. The molecule has 160 valence electrons. The molecule has 0 bridgehead atoms. The van der Waals surface area contributed by atoms with Crippen LogP contribution in [0.4, 0.5) is 11.4 Å². The van der Waals surface area contributed by atoms with Gasteiger partial charge in [0.25, 0.3) is 5.91 Å². The van der Waals surface area contributed by atoms with Gasteiger partial charge in [0.1, 0.15) is 5.75 Å². The van der Waals surface area contributed by atoms with Crippen LogP contribution in [0.15, 0.2) is 72.0 Å². The number of nitrogens with zero attached hydrogens (tertiary/aromatic N) is 3. The van der Waals surface area contributed by atoms with Crippen molar-refractivity contribution < 1.29 is 9.53 Å². The predicted octanol–water partition coefficient (Wildman–Crippen LogP) is 3.86. The molecule has 0 aliphatic heterocycles. The summed E-state index contributed by atoms with van der Waals surface area (Å²) in [6.45, 7) is 2.38. The minimum absolute atomic E-state index is 0.253. The molecule has 0 spiro atoms. The van der Waals surface area contributed by atoms with E-state index >= 15 is 0 Å². The average Bonchev–Trinajstić information content (AvgIpc) is 2.78. The Morgan fingerprint density at radius 3 is 2.58 bits per heavy atom. The molecule has 0 saturated heterocycles. The van der Waals surface area contributed by atoms with Crippen LogP contribution >= 0.6 is 0 Å². The first kappa shape index (κ1) is 21.8. The molecule has 1 amide bonds. The molecule has 3 rings (SSSR count). The molecule has 7 nitrogen and oxygen atoms in total. The zero-order chi connectivity index (χ0) is 22.2. The number of methoxy groups -OCH3 is 1. The number of carbonyl (C=O) groups excluding carboxylic acids is 1. The maximum Gasteiger partial charge on any atom is 0.258 e. The number of nitrogens with one attached hydrogen (secondary N) is 2. The Bertz CT molecular complexity index is 1060. The smallest absolute Gasteiger partial charge is 0.258 e. The van der Waals surface area contributed by atoms with Crippen molar-refractivity contribution in [3.8, 4) is 5.75 Å². The molecule has 7 heteroatoms. The van der Waals surface area contributed by atoms with E-state index in [2.05, 4.69) is 20.6 Å². The van der Waals surface area contributed by atoms with Gasteiger partial charge in [0.2, 0.25) is 5.96 Å². The van der Waals surface area contributed by atoms with Crippen molar-refractivity contribution in [2.24, 2.45) is 4.99 Å². The summed E-state index contributed by atoms with van der Waals surface area (Å²) < 4.78 is 5.45. The summed E-state index contributed by atoms with van der Waals surface area (Å²) in [7, 11) is 5.48. The van der Waals surface area contributed by atoms with Crippen molar-refractivity contribution in [3.63, 3.8) is 0 Å². The Morgan fingerprint density at radius 2 is 1.87 bits per heavy atom. The molecular formula is C24H27N5O2. The van der Waals surface area contributed by atoms with Gasteiger partial charge in [-0.1, -0.05) is 12.1 Å². The molecule has 1 heterocycles. The molecule has 0 aliphatic rings. The van der Waals surface area contributed by atoms with E-state index < -0.39 is 0 Å². The maximum absolute atomic E-state index is 13.0. The lowest BCUT2D eigenvalue weighted by Gasteiger charge is -2.16. The van der Waals surface area contributed by atoms with Gasteiger partial charge in [-0.15, -0.1) is 0 Å². The number of pyridine rings is 1. The molecule has 2 aromatic carbocycles. The highest BCUT2D eigenvalue weighted by atomic mass is 16.5. The molecular weight excluding hydrogens is 390 g/mol. The molecule has 0 unspecified atom stereocenters. The minimum atomic E-state index is -0.253. The topological polar surface area (TPSA) is 78.8 Å². The molecule has 2 N–H and O–H groups in total. The van der Waals surface area contributed by atoms with Crippen LogP contribution in [0.2, 0.25) is 0 Å². The third-order valence-electron chi connectivity index (χ3n) is 4.63. The van der Waals surface area contributed by atoms with Crippen LogP contribution in [0.1, 0.15) is 21.5 Å². The molecule has 0 saturated carbocycles. The zero-order valence-electron chi connectivity index (χ0n) is 18.2. The molecule has 31 heavy (non-hydrogen) atoms. The molecule has 0 atom stereocenters. The highest BCUT2D eigenvalue weighted by Gasteiger charge is 2.13. The van der Waals surface area contributed by atoms with Gasteiger partial charge in [0.15, 0.2) is 0 Å². The van der Waals surface area contributed by atoms with Gasteiger partial charge >= 0.3 is 0 Å². The summed E-state index contributed by atoms with van der Waals surface area (Å²) in [5.74, 6) is 0.739. The summed E-state index contributed by atoms with van der Waals surface area (Å²) in [5.41, 5.74) is 4.24. The fraction of sp³-hybridized carbons (Fsp3) is 0.208. The summed E-state index contributed by atoms with van der Waals surface area (Å²) in [6.07, 6.45) is 3.43. The minimum Gasteiger partial charge on any atom is -0.495 e. The third kappa shape index (κ3) is 6.05. The second kappa shape index (κ2) is 10.2. The van der Waals surface area contributed by atoms with E-state index in [1.807, 2.05) is 74.4 Å². The second-order valence-electron chi connectivity index (χ2n) is 7.25. The highest BCUT2D eigenvalue weighted by molar-refractivity contribution is 6.10. The Balaban J connectivity index is 1.87. The van der Waals surface area contributed by atoms with Crippen molar-refractivity contribution in [2.75, 3.05) is 31.4 Å². The van der Waals surface area contributed by atoms with Crippen LogP contribution in [0.5, 0.6) is 5.75 Å². The summed E-state index contributed by atoms with van der Waals surface area (Å²) in [4.78, 5) is 23.5. The number of guanidine groups is 1. The van der Waals surface area contributed by atoms with E-state index in [1.165, 1.54) is 0 Å². The number of anilines is 2. The molecule has 0 fully saturated rings. The van der Waals surface area contributed by atoms with Gasteiger partial charge in [0, 0.05) is 37.7 Å². The van der Waals surface area contributed by atoms with Crippen LogP contribution in [0.25, 0.3) is 0 Å². The number of aryl methyl sites for hydroxylation is 1. The normalized spacial score (nSPS) is 11.0. The van der Waals surface area contributed by atoms with Gasteiger partial charge < -0.3 is 15.0 Å². The van der Waals surface area contributed by atoms with E-state index in [4.69, 9.17) is 4.74 Å². The number of ether oxygens (including phenoxy) is 1. The van der Waals surface area contributed by atoms with Crippen LogP contribution in [-0.4, -0.2) is 38.1 Å². The largest absolute Gasteiger partial charge is 0.495 e. The number of hydrogen-bond donors (Lipinski definition) is 2. The van der Waals surface area contributed by atoms with E-state index in [0.29, 0.717) is 23.8 Å². The number of rotatable bonds is 6. The molecule has 0 aliphatic carbocycles. The monoisotopic (exact) mass is 417 g/mol. The van der Waals surface area contributed by atoms with E-state index in [9.17, 15) is 4.79 Å². The highest BCUT2D eigenvalue weighted by Crippen LogP contribution is 2.25. The molecule has 0 radical (unpaired) electrons. The second-order valence-corrected chi connectivity index (χ2v) is 7.25. The van der Waals surface area contributed by atoms with Crippen molar-refractivity contribution >= 4 is 23.2 Å². The van der Waals surface area contributed by atoms with Gasteiger partial charge in [0.05, 0.1) is 19.3 Å². The Kier molecular flexibility index (Phi) is 7.22. The van der Waals surface area contributed by atoms with Crippen molar-refractivity contribution in [1.82, 2.24) is 10.3 Å². The predicted molar refractivity (Wildman–Crippen MR) is 125 cm³/mol. The van der Waals surface area contributed by atoms with Crippen LogP contribution in [0, 0.1) is 6.92 Å². The number of hydrogen-bond acceptors (Lipinski definition) is 5. The van der Waals surface area contributed by atoms with Crippen molar-refractivity contribution in [3.05, 3.63) is 83.7 Å². The van der Waals surface area contributed by atoms with E-state index in [0.717, 1.165) is 22.5 Å². The zero-order valence-corrected chi connectivity index (χ0v) is 18.2. The van der Waals surface area contributed by atoms with Crippen molar-refractivity contribution in [2.45, 2.75) is 13.5 Å². The quantitative estimate of drug-likeness (QED) is 0.470. The average molecular weight is 418 g/mol. The Morgan fingerprint density at radius 1 is 1.10 bits per heavy atom. The number of aliphatic imine (C=N–C) groups is 1. The van der Waals surface area contributed by atoms with Crippen LogP contribution < -0.4 is 20.3 Å². The standard InChI is InChI=1S/C24H27N5O2/c1-17-8-9-22(31-4)21(14-17)27-24(26-16-18-10-12-25-13-11-18)28-23(30)19-6-5-7-20(15-19)29(2)3/h5-15H,16H2,1-4H3,(H2,26,27,28,30). The lowest BCUT2D eigenvalue weighted by Crippen LogP contribution is -2.36. The van der Waals surface area contributed by atoms with Gasteiger partial charge in [-0.05, 0) is 60.5 Å². The summed E-state index contributed by atoms with van der Waals surface area (Å²) >= 11 is 0.